The summed E-state index contributed by atoms with van der Waals surface area (Å²) in [7, 11) is 4.37. The Hall–Kier alpha value is -0.980. The quantitative estimate of drug-likeness (QED) is 0.795. The van der Waals surface area contributed by atoms with Crippen LogP contribution in [0.1, 0.15) is 31.4 Å². The summed E-state index contributed by atoms with van der Waals surface area (Å²) in [6.45, 7) is 5.27. The Balaban J connectivity index is 1.41. The van der Waals surface area contributed by atoms with Gasteiger partial charge in [-0.25, -0.2) is 0 Å². The van der Waals surface area contributed by atoms with Crippen LogP contribution in [0.4, 0.5) is 0 Å². The standard InChI is InChI=1S/C15H28N6/c1-19(2)15-4-3-7-20(12-15)8-9-21-11-14(17-18-21)10-16-13-5-6-13/h11,13,15-16H,3-10,12H2,1-2H3. The average Bonchev–Trinajstić information content (AvgIpc) is 3.21. The molecule has 21 heavy (non-hydrogen) atoms. The minimum absolute atomic E-state index is 0.702. The van der Waals surface area contributed by atoms with Crippen molar-refractivity contribution in [2.75, 3.05) is 33.7 Å². The van der Waals surface area contributed by atoms with Crippen LogP contribution in [-0.2, 0) is 13.1 Å². The molecule has 1 aromatic rings. The molecule has 6 heteroatoms. The zero-order chi connectivity index (χ0) is 14.7. The highest BCUT2D eigenvalue weighted by Gasteiger charge is 2.22. The Morgan fingerprint density at radius 3 is 2.90 bits per heavy atom. The van der Waals surface area contributed by atoms with Crippen molar-refractivity contribution < 1.29 is 0 Å². The Morgan fingerprint density at radius 2 is 2.14 bits per heavy atom. The second-order valence-corrected chi connectivity index (χ2v) is 6.69. The SMILES string of the molecule is CN(C)C1CCCN(CCn2cc(CNC3CC3)nn2)C1. The van der Waals surface area contributed by atoms with Gasteiger partial charge in [0.2, 0.25) is 0 Å². The first-order valence-electron chi connectivity index (χ1n) is 8.22. The van der Waals surface area contributed by atoms with Crippen molar-refractivity contribution >= 4 is 0 Å². The van der Waals surface area contributed by atoms with Gasteiger partial charge in [-0.2, -0.15) is 0 Å². The summed E-state index contributed by atoms with van der Waals surface area (Å²) in [5.41, 5.74) is 1.06. The maximum atomic E-state index is 4.25. The van der Waals surface area contributed by atoms with Crippen molar-refractivity contribution in [3.63, 3.8) is 0 Å². The first-order valence-corrected chi connectivity index (χ1v) is 8.22. The van der Waals surface area contributed by atoms with Crippen LogP contribution in [0.15, 0.2) is 6.20 Å². The molecule has 1 saturated carbocycles. The van der Waals surface area contributed by atoms with E-state index < -0.39 is 0 Å². The summed E-state index contributed by atoms with van der Waals surface area (Å²) in [5, 5.41) is 12.0. The van der Waals surface area contributed by atoms with Crippen LogP contribution in [0, 0.1) is 0 Å². The van der Waals surface area contributed by atoms with Crippen molar-refractivity contribution in [2.45, 2.75) is 50.9 Å². The number of aromatic nitrogens is 3. The molecule has 1 aromatic heterocycles. The molecule has 0 spiro atoms. The lowest BCUT2D eigenvalue weighted by Crippen LogP contribution is -2.45. The largest absolute Gasteiger partial charge is 0.308 e. The van der Waals surface area contributed by atoms with Crippen LogP contribution in [0.25, 0.3) is 0 Å². The third-order valence-electron chi connectivity index (χ3n) is 4.59. The van der Waals surface area contributed by atoms with Gasteiger partial charge in [0.1, 0.15) is 0 Å². The highest BCUT2D eigenvalue weighted by molar-refractivity contribution is 4.94. The first kappa shape index (κ1) is 14.9. The first-order chi connectivity index (χ1) is 10.2. The summed E-state index contributed by atoms with van der Waals surface area (Å²) in [4.78, 5) is 4.90. The monoisotopic (exact) mass is 292 g/mol. The molecule has 0 aromatic carbocycles. The van der Waals surface area contributed by atoms with Crippen molar-refractivity contribution in [1.82, 2.24) is 30.1 Å². The van der Waals surface area contributed by atoms with E-state index in [0.29, 0.717) is 6.04 Å². The van der Waals surface area contributed by atoms with Gasteiger partial charge in [-0.3, -0.25) is 9.58 Å². The molecular formula is C15H28N6. The zero-order valence-electron chi connectivity index (χ0n) is 13.3. The third kappa shape index (κ3) is 4.49. The van der Waals surface area contributed by atoms with E-state index in [9.17, 15) is 0 Å². The van der Waals surface area contributed by atoms with Gasteiger partial charge in [0.25, 0.3) is 0 Å². The number of hydrogen-bond donors (Lipinski definition) is 1. The molecule has 3 rings (SSSR count). The van der Waals surface area contributed by atoms with Gasteiger partial charge in [0.05, 0.1) is 12.2 Å². The van der Waals surface area contributed by atoms with Crippen LogP contribution in [0.5, 0.6) is 0 Å². The summed E-state index contributed by atoms with van der Waals surface area (Å²) in [6, 6.07) is 1.43. The molecule has 0 bridgehead atoms. The molecule has 1 N–H and O–H groups in total. The van der Waals surface area contributed by atoms with E-state index in [4.69, 9.17) is 0 Å². The molecule has 0 amide bonds. The molecule has 1 aliphatic carbocycles. The molecule has 2 aliphatic rings. The van der Waals surface area contributed by atoms with Crippen LogP contribution in [0.3, 0.4) is 0 Å². The molecular weight excluding hydrogens is 264 g/mol. The van der Waals surface area contributed by atoms with E-state index >= 15 is 0 Å². The molecule has 0 radical (unpaired) electrons. The number of likely N-dealkylation sites (N-methyl/N-ethyl adjacent to an activating group) is 1. The van der Waals surface area contributed by atoms with Crippen LogP contribution in [0.2, 0.25) is 0 Å². The molecule has 118 valence electrons. The number of rotatable bonds is 7. The number of likely N-dealkylation sites (tertiary alicyclic amines) is 1. The fraction of sp³-hybridized carbons (Fsp3) is 0.867. The second-order valence-electron chi connectivity index (χ2n) is 6.69. The Kier molecular flexibility index (Phi) is 4.87. The van der Waals surface area contributed by atoms with Gasteiger partial charge in [-0.15, -0.1) is 5.10 Å². The minimum atomic E-state index is 0.702. The number of hydrogen-bond acceptors (Lipinski definition) is 5. The van der Waals surface area contributed by atoms with Crippen molar-refractivity contribution in [1.29, 1.82) is 0 Å². The summed E-state index contributed by atoms with van der Waals surface area (Å²) in [5.74, 6) is 0. The smallest absolute Gasteiger partial charge is 0.0964 e. The fourth-order valence-corrected chi connectivity index (χ4v) is 2.96. The molecule has 2 heterocycles. The normalized spacial score (nSPS) is 23.9. The summed E-state index contributed by atoms with van der Waals surface area (Å²) in [6.07, 6.45) is 7.34. The molecule has 1 unspecified atom stereocenters. The Morgan fingerprint density at radius 1 is 1.29 bits per heavy atom. The fourth-order valence-electron chi connectivity index (χ4n) is 2.96. The lowest BCUT2D eigenvalue weighted by atomic mass is 10.1. The van der Waals surface area contributed by atoms with E-state index in [0.717, 1.165) is 31.4 Å². The average molecular weight is 292 g/mol. The molecule has 2 fully saturated rings. The van der Waals surface area contributed by atoms with E-state index in [1.54, 1.807) is 0 Å². The summed E-state index contributed by atoms with van der Waals surface area (Å²) < 4.78 is 1.99. The maximum Gasteiger partial charge on any atom is 0.0964 e. The van der Waals surface area contributed by atoms with Gasteiger partial charge >= 0.3 is 0 Å². The Bertz CT molecular complexity index is 439. The highest BCUT2D eigenvalue weighted by Crippen LogP contribution is 2.19. The molecule has 1 atom stereocenters. The van der Waals surface area contributed by atoms with Gasteiger partial charge in [0, 0.05) is 37.9 Å². The predicted octanol–water partition coefficient (Wildman–Crippen LogP) is 0.556. The number of nitrogens with zero attached hydrogens (tertiary/aromatic N) is 5. The lowest BCUT2D eigenvalue weighted by Gasteiger charge is -2.36. The minimum Gasteiger partial charge on any atom is -0.308 e. The summed E-state index contributed by atoms with van der Waals surface area (Å²) >= 11 is 0. The Labute approximate surface area is 127 Å². The molecule has 1 aliphatic heterocycles. The second kappa shape index (κ2) is 6.85. The molecule has 1 saturated heterocycles. The van der Waals surface area contributed by atoms with Crippen LogP contribution >= 0.6 is 0 Å². The van der Waals surface area contributed by atoms with Gasteiger partial charge in [0.15, 0.2) is 0 Å². The van der Waals surface area contributed by atoms with Gasteiger partial charge in [-0.1, -0.05) is 5.21 Å². The van der Waals surface area contributed by atoms with Crippen LogP contribution in [-0.4, -0.2) is 70.6 Å². The zero-order valence-corrected chi connectivity index (χ0v) is 13.3. The van der Waals surface area contributed by atoms with Crippen molar-refractivity contribution in [3.05, 3.63) is 11.9 Å². The van der Waals surface area contributed by atoms with Gasteiger partial charge < -0.3 is 10.2 Å². The predicted molar refractivity (Wildman–Crippen MR) is 83.0 cm³/mol. The number of nitrogens with one attached hydrogen (secondary N) is 1. The number of piperidine rings is 1. The third-order valence-corrected chi connectivity index (χ3v) is 4.59. The van der Waals surface area contributed by atoms with Crippen LogP contribution < -0.4 is 5.32 Å². The van der Waals surface area contributed by atoms with E-state index in [2.05, 4.69) is 45.7 Å². The van der Waals surface area contributed by atoms with Crippen molar-refractivity contribution in [3.8, 4) is 0 Å². The van der Waals surface area contributed by atoms with E-state index in [-0.39, 0.29) is 0 Å². The van der Waals surface area contributed by atoms with E-state index in [1.807, 2.05) is 4.68 Å². The highest BCUT2D eigenvalue weighted by atomic mass is 15.4. The maximum absolute atomic E-state index is 4.25. The van der Waals surface area contributed by atoms with Gasteiger partial charge in [-0.05, 0) is 46.3 Å². The van der Waals surface area contributed by atoms with E-state index in [1.165, 1.54) is 38.8 Å². The topological polar surface area (TPSA) is 49.2 Å². The lowest BCUT2D eigenvalue weighted by molar-refractivity contribution is 0.129. The van der Waals surface area contributed by atoms with Crippen molar-refractivity contribution in [2.24, 2.45) is 0 Å². The molecule has 6 nitrogen and oxygen atoms in total.